The fourth-order valence-electron chi connectivity index (χ4n) is 2.47. The second-order valence-electron chi connectivity index (χ2n) is 5.29. The third-order valence-corrected chi connectivity index (χ3v) is 5.62. The van der Waals surface area contributed by atoms with E-state index in [9.17, 15) is 18.0 Å². The van der Waals surface area contributed by atoms with E-state index in [1.807, 2.05) is 0 Å². The van der Waals surface area contributed by atoms with E-state index < -0.39 is 34.0 Å². The van der Waals surface area contributed by atoms with Crippen molar-refractivity contribution in [2.24, 2.45) is 0 Å². The maximum Gasteiger partial charge on any atom is 0.326 e. The number of rotatable bonds is 8. The summed E-state index contributed by atoms with van der Waals surface area (Å²) in [6.07, 6.45) is 5.03. The normalized spacial score (nSPS) is 21.1. The lowest BCUT2D eigenvalue weighted by atomic mass is 10.1. The van der Waals surface area contributed by atoms with E-state index >= 15 is 0 Å². The summed E-state index contributed by atoms with van der Waals surface area (Å²) in [4.78, 5) is 23.4. The molecule has 2 atom stereocenters. The van der Waals surface area contributed by atoms with Gasteiger partial charge in [-0.15, -0.1) is 0 Å². The van der Waals surface area contributed by atoms with Crippen LogP contribution in [0.25, 0.3) is 0 Å². The van der Waals surface area contributed by atoms with Gasteiger partial charge in [-0.3, -0.25) is 4.79 Å². The van der Waals surface area contributed by atoms with Crippen molar-refractivity contribution in [3.8, 4) is 0 Å². The number of sulfonamides is 1. The van der Waals surface area contributed by atoms with Crippen molar-refractivity contribution in [3.63, 3.8) is 0 Å². The molecular weight excluding hydrogens is 308 g/mol. The van der Waals surface area contributed by atoms with E-state index in [-0.39, 0.29) is 12.2 Å². The molecule has 22 heavy (non-hydrogen) atoms. The number of amides is 1. The Kier molecular flexibility index (Phi) is 7.02. The van der Waals surface area contributed by atoms with Gasteiger partial charge in [0.1, 0.15) is 12.1 Å². The molecule has 2 N–H and O–H groups in total. The molecule has 0 aromatic heterocycles. The highest BCUT2D eigenvalue weighted by Crippen LogP contribution is 2.22. The molecule has 1 aliphatic rings. The van der Waals surface area contributed by atoms with Gasteiger partial charge in [0, 0.05) is 6.54 Å². The molecule has 126 valence electrons. The molecule has 1 heterocycles. The third kappa shape index (κ3) is 4.81. The monoisotopic (exact) mass is 332 g/mol. The van der Waals surface area contributed by atoms with Crippen LogP contribution in [-0.2, 0) is 19.6 Å². The van der Waals surface area contributed by atoms with E-state index in [1.165, 1.54) is 4.31 Å². The molecule has 0 saturated carbocycles. The molecule has 0 bridgehead atoms. The Morgan fingerprint density at radius 1 is 1.45 bits per heavy atom. The standard InChI is InChI=1S/C14H24N2O5S/c1-3-5-7-11(14(18)19)15-13(17)12-8-6-9-16(12)22(20,21)10-4-2/h3,5,11-12H,4,6-10H2,1-2H3,(H,15,17)(H,18,19)/b5-3+. The first kappa shape index (κ1) is 18.6. The molecular formula is C14H24N2O5S. The predicted molar refractivity (Wildman–Crippen MR) is 82.8 cm³/mol. The zero-order valence-corrected chi connectivity index (χ0v) is 13.8. The Bertz CT molecular complexity index is 529. The van der Waals surface area contributed by atoms with Crippen molar-refractivity contribution >= 4 is 21.9 Å². The zero-order chi connectivity index (χ0) is 16.8. The SMILES string of the molecule is C/C=C/CC(NC(=O)C1CCCN1S(=O)(=O)CCC)C(=O)O. The van der Waals surface area contributed by atoms with Gasteiger partial charge in [-0.05, 0) is 32.6 Å². The van der Waals surface area contributed by atoms with E-state index in [4.69, 9.17) is 5.11 Å². The number of carbonyl (C=O) groups excluding carboxylic acids is 1. The summed E-state index contributed by atoms with van der Waals surface area (Å²) >= 11 is 0. The van der Waals surface area contributed by atoms with Crippen molar-refractivity contribution < 1.29 is 23.1 Å². The summed E-state index contributed by atoms with van der Waals surface area (Å²) < 4.78 is 25.5. The predicted octanol–water partition coefficient (Wildman–Crippen LogP) is 0.726. The van der Waals surface area contributed by atoms with Crippen LogP contribution in [0.15, 0.2) is 12.2 Å². The number of nitrogens with one attached hydrogen (secondary N) is 1. The number of carboxylic acids is 1. The number of aliphatic carboxylic acids is 1. The van der Waals surface area contributed by atoms with Crippen molar-refractivity contribution in [1.82, 2.24) is 9.62 Å². The molecule has 0 radical (unpaired) electrons. The van der Waals surface area contributed by atoms with Crippen molar-refractivity contribution in [3.05, 3.63) is 12.2 Å². The van der Waals surface area contributed by atoms with E-state index in [0.717, 1.165) is 0 Å². The zero-order valence-electron chi connectivity index (χ0n) is 13.0. The van der Waals surface area contributed by atoms with E-state index in [2.05, 4.69) is 5.32 Å². The number of nitrogens with zero attached hydrogens (tertiary/aromatic N) is 1. The van der Waals surface area contributed by atoms with Crippen LogP contribution in [0.3, 0.4) is 0 Å². The largest absolute Gasteiger partial charge is 0.480 e. The van der Waals surface area contributed by atoms with Crippen molar-refractivity contribution in [2.45, 2.75) is 51.6 Å². The fraction of sp³-hybridized carbons (Fsp3) is 0.714. The Morgan fingerprint density at radius 2 is 2.14 bits per heavy atom. The number of hydrogen-bond donors (Lipinski definition) is 2. The highest BCUT2D eigenvalue weighted by Gasteiger charge is 2.39. The lowest BCUT2D eigenvalue weighted by Gasteiger charge is -2.24. The number of carbonyl (C=O) groups is 2. The minimum absolute atomic E-state index is 0.00227. The Morgan fingerprint density at radius 3 is 2.68 bits per heavy atom. The van der Waals surface area contributed by atoms with Crippen LogP contribution in [-0.4, -0.2) is 54.1 Å². The van der Waals surface area contributed by atoms with E-state index in [1.54, 1.807) is 26.0 Å². The molecule has 1 fully saturated rings. The van der Waals surface area contributed by atoms with Gasteiger partial charge in [-0.2, -0.15) is 4.31 Å². The molecule has 7 nitrogen and oxygen atoms in total. The van der Waals surface area contributed by atoms with Gasteiger partial charge in [0.05, 0.1) is 5.75 Å². The van der Waals surface area contributed by atoms with Crippen LogP contribution in [0.5, 0.6) is 0 Å². The summed E-state index contributed by atoms with van der Waals surface area (Å²) in [7, 11) is -3.47. The van der Waals surface area contributed by atoms with Crippen LogP contribution < -0.4 is 5.32 Å². The first-order chi connectivity index (χ1) is 10.3. The van der Waals surface area contributed by atoms with Crippen molar-refractivity contribution in [2.75, 3.05) is 12.3 Å². The highest BCUT2D eigenvalue weighted by molar-refractivity contribution is 7.89. The molecule has 0 aromatic carbocycles. The second-order valence-corrected chi connectivity index (χ2v) is 7.33. The summed E-state index contributed by atoms with van der Waals surface area (Å²) in [6.45, 7) is 3.84. The lowest BCUT2D eigenvalue weighted by Crippen LogP contribution is -2.51. The minimum Gasteiger partial charge on any atom is -0.480 e. The first-order valence-corrected chi connectivity index (χ1v) is 9.08. The number of hydrogen-bond acceptors (Lipinski definition) is 4. The average Bonchev–Trinajstić information content (AvgIpc) is 2.93. The van der Waals surface area contributed by atoms with Crippen LogP contribution >= 0.6 is 0 Å². The minimum atomic E-state index is -3.47. The van der Waals surface area contributed by atoms with Crippen molar-refractivity contribution in [1.29, 1.82) is 0 Å². The number of allylic oxidation sites excluding steroid dienone is 1. The van der Waals surface area contributed by atoms with Gasteiger partial charge in [0.25, 0.3) is 0 Å². The highest BCUT2D eigenvalue weighted by atomic mass is 32.2. The summed E-state index contributed by atoms with van der Waals surface area (Å²) in [5.74, 6) is -1.67. The van der Waals surface area contributed by atoms with Crippen LogP contribution in [0.4, 0.5) is 0 Å². The molecule has 1 saturated heterocycles. The Balaban J connectivity index is 2.80. The smallest absolute Gasteiger partial charge is 0.326 e. The maximum absolute atomic E-state index is 12.3. The lowest BCUT2D eigenvalue weighted by molar-refractivity contribution is -0.142. The Labute approximate surface area is 131 Å². The van der Waals surface area contributed by atoms with E-state index in [0.29, 0.717) is 25.8 Å². The molecule has 8 heteroatoms. The number of carboxylic acid groups (broad SMARTS) is 1. The van der Waals surface area contributed by atoms with Gasteiger partial charge in [-0.1, -0.05) is 19.1 Å². The average molecular weight is 332 g/mol. The molecule has 0 spiro atoms. The van der Waals surface area contributed by atoms with Gasteiger partial charge >= 0.3 is 5.97 Å². The molecule has 0 aliphatic carbocycles. The van der Waals surface area contributed by atoms with Crippen LogP contribution in [0.2, 0.25) is 0 Å². The molecule has 1 aliphatic heterocycles. The van der Waals surface area contributed by atoms with Gasteiger partial charge < -0.3 is 10.4 Å². The summed E-state index contributed by atoms with van der Waals surface area (Å²) in [5.41, 5.74) is 0. The second kappa shape index (κ2) is 8.28. The quantitative estimate of drug-likeness (QED) is 0.638. The summed E-state index contributed by atoms with van der Waals surface area (Å²) in [6, 6.07) is -1.84. The molecule has 1 rings (SSSR count). The first-order valence-electron chi connectivity index (χ1n) is 7.47. The molecule has 0 aromatic rings. The molecule has 2 unspecified atom stereocenters. The van der Waals surface area contributed by atoms with Gasteiger partial charge in [-0.25, -0.2) is 13.2 Å². The topological polar surface area (TPSA) is 104 Å². The van der Waals surface area contributed by atoms with Gasteiger partial charge in [0.2, 0.25) is 15.9 Å². The van der Waals surface area contributed by atoms with Gasteiger partial charge in [0.15, 0.2) is 0 Å². The fourth-order valence-corrected chi connectivity index (χ4v) is 4.22. The Hall–Kier alpha value is -1.41. The third-order valence-electron chi connectivity index (χ3n) is 3.55. The van der Waals surface area contributed by atoms with Crippen LogP contribution in [0, 0.1) is 0 Å². The maximum atomic E-state index is 12.3. The summed E-state index contributed by atoms with van der Waals surface area (Å²) in [5, 5.41) is 11.6. The molecule has 1 amide bonds. The van der Waals surface area contributed by atoms with Crippen LogP contribution in [0.1, 0.15) is 39.5 Å².